The summed E-state index contributed by atoms with van der Waals surface area (Å²) < 4.78 is 49.9. The number of hydrogen-bond acceptors (Lipinski definition) is 2. The van der Waals surface area contributed by atoms with Crippen molar-refractivity contribution >= 4 is 0 Å². The minimum atomic E-state index is -4.33. The van der Waals surface area contributed by atoms with Crippen LogP contribution < -0.4 is 4.74 Å². The molecule has 2 nitrogen and oxygen atoms in total. The SMILES string of the molecule is COc1cc(C)cc(C)c1C1(C(F)(F)F)COC1. The maximum atomic E-state index is 13.3. The van der Waals surface area contributed by atoms with Crippen LogP contribution in [0, 0.1) is 13.8 Å². The predicted octanol–water partition coefficient (Wildman–Crippen LogP) is 3.14. The molecule has 1 aliphatic rings. The zero-order chi connectivity index (χ0) is 13.6. The number of benzene rings is 1. The van der Waals surface area contributed by atoms with Crippen molar-refractivity contribution < 1.29 is 22.6 Å². The van der Waals surface area contributed by atoms with Crippen LogP contribution in [-0.4, -0.2) is 26.5 Å². The first-order valence-corrected chi connectivity index (χ1v) is 5.62. The number of rotatable bonds is 2. The molecule has 2 rings (SSSR count). The third kappa shape index (κ3) is 1.77. The van der Waals surface area contributed by atoms with E-state index < -0.39 is 11.6 Å². The molecule has 100 valence electrons. The van der Waals surface area contributed by atoms with E-state index in [1.54, 1.807) is 19.1 Å². The van der Waals surface area contributed by atoms with E-state index in [-0.39, 0.29) is 24.5 Å². The Morgan fingerprint density at radius 3 is 2.22 bits per heavy atom. The van der Waals surface area contributed by atoms with Crippen LogP contribution in [0.2, 0.25) is 0 Å². The highest BCUT2D eigenvalue weighted by Gasteiger charge is 2.62. The van der Waals surface area contributed by atoms with Crippen LogP contribution in [0.3, 0.4) is 0 Å². The van der Waals surface area contributed by atoms with Gasteiger partial charge in [0.25, 0.3) is 0 Å². The first kappa shape index (κ1) is 13.2. The molecular formula is C13H15F3O2. The Morgan fingerprint density at radius 1 is 1.22 bits per heavy atom. The lowest BCUT2D eigenvalue weighted by atomic mass is 9.75. The summed E-state index contributed by atoms with van der Waals surface area (Å²) in [6.07, 6.45) is -4.33. The topological polar surface area (TPSA) is 18.5 Å². The Kier molecular flexibility index (Phi) is 3.05. The van der Waals surface area contributed by atoms with Crippen molar-refractivity contribution in [2.24, 2.45) is 0 Å². The van der Waals surface area contributed by atoms with Gasteiger partial charge in [0.15, 0.2) is 0 Å². The molecule has 18 heavy (non-hydrogen) atoms. The maximum Gasteiger partial charge on any atom is 0.403 e. The second-order valence-electron chi connectivity index (χ2n) is 4.73. The van der Waals surface area contributed by atoms with E-state index in [4.69, 9.17) is 9.47 Å². The molecule has 0 unspecified atom stereocenters. The first-order valence-electron chi connectivity index (χ1n) is 5.62. The number of alkyl halides is 3. The molecule has 0 spiro atoms. The Morgan fingerprint density at radius 2 is 1.83 bits per heavy atom. The summed E-state index contributed by atoms with van der Waals surface area (Å²) in [5.41, 5.74) is -0.247. The summed E-state index contributed by atoms with van der Waals surface area (Å²) in [7, 11) is 1.39. The maximum absolute atomic E-state index is 13.3. The van der Waals surface area contributed by atoms with Crippen molar-refractivity contribution in [2.75, 3.05) is 20.3 Å². The summed E-state index contributed by atoms with van der Waals surface area (Å²) in [5.74, 6) is 0.285. The molecule has 0 N–H and O–H groups in total. The highest BCUT2D eigenvalue weighted by Crippen LogP contribution is 2.50. The van der Waals surface area contributed by atoms with Crippen LogP contribution in [0.15, 0.2) is 12.1 Å². The van der Waals surface area contributed by atoms with E-state index in [1.165, 1.54) is 7.11 Å². The highest BCUT2D eigenvalue weighted by atomic mass is 19.4. The van der Waals surface area contributed by atoms with Crippen molar-refractivity contribution in [3.63, 3.8) is 0 Å². The fourth-order valence-electron chi connectivity index (χ4n) is 2.46. The number of hydrogen-bond donors (Lipinski definition) is 0. The zero-order valence-electron chi connectivity index (χ0n) is 10.5. The van der Waals surface area contributed by atoms with Gasteiger partial charge in [0.05, 0.1) is 20.3 Å². The minimum Gasteiger partial charge on any atom is -0.496 e. The highest BCUT2D eigenvalue weighted by molar-refractivity contribution is 5.50. The molecule has 1 saturated heterocycles. The van der Waals surface area contributed by atoms with Gasteiger partial charge in [-0.05, 0) is 31.0 Å². The van der Waals surface area contributed by atoms with Crippen molar-refractivity contribution in [1.82, 2.24) is 0 Å². The van der Waals surface area contributed by atoms with Crippen molar-refractivity contribution in [2.45, 2.75) is 25.4 Å². The molecule has 1 fully saturated rings. The monoisotopic (exact) mass is 260 g/mol. The molecule has 0 radical (unpaired) electrons. The van der Waals surface area contributed by atoms with Crippen molar-refractivity contribution in [3.8, 4) is 5.75 Å². The lowest BCUT2D eigenvalue weighted by molar-refractivity contribution is -0.262. The van der Waals surface area contributed by atoms with E-state index in [9.17, 15) is 13.2 Å². The van der Waals surface area contributed by atoms with Gasteiger partial charge in [-0.3, -0.25) is 0 Å². The molecule has 0 bridgehead atoms. The third-order valence-corrected chi connectivity index (χ3v) is 3.38. The number of methoxy groups -OCH3 is 1. The molecule has 0 saturated carbocycles. The van der Waals surface area contributed by atoms with E-state index in [0.29, 0.717) is 5.56 Å². The number of halogens is 3. The van der Waals surface area contributed by atoms with Gasteiger partial charge in [0, 0.05) is 5.56 Å². The first-order chi connectivity index (χ1) is 8.32. The Labute approximate surface area is 104 Å². The lowest BCUT2D eigenvalue weighted by Crippen LogP contribution is -2.57. The van der Waals surface area contributed by atoms with E-state index in [2.05, 4.69) is 0 Å². The number of ether oxygens (including phenoxy) is 2. The molecule has 0 amide bonds. The summed E-state index contributed by atoms with van der Waals surface area (Å²) in [4.78, 5) is 0. The second-order valence-corrected chi connectivity index (χ2v) is 4.73. The van der Waals surface area contributed by atoms with Crippen molar-refractivity contribution in [3.05, 3.63) is 28.8 Å². The van der Waals surface area contributed by atoms with E-state index >= 15 is 0 Å². The quantitative estimate of drug-likeness (QED) is 0.813. The standard InChI is InChI=1S/C13H15F3O2/c1-8-4-9(2)11(10(5-8)17-3)12(6-18-7-12)13(14,15)16/h4-5H,6-7H2,1-3H3. The van der Waals surface area contributed by atoms with E-state index in [0.717, 1.165) is 5.56 Å². The molecule has 0 aliphatic carbocycles. The van der Waals surface area contributed by atoms with Gasteiger partial charge in [0.2, 0.25) is 0 Å². The van der Waals surface area contributed by atoms with Crippen LogP contribution >= 0.6 is 0 Å². The molecular weight excluding hydrogens is 245 g/mol. The molecule has 0 aromatic heterocycles. The second kappa shape index (κ2) is 4.16. The van der Waals surface area contributed by atoms with Crippen LogP contribution in [-0.2, 0) is 10.2 Å². The zero-order valence-corrected chi connectivity index (χ0v) is 10.5. The Balaban J connectivity index is 2.63. The molecule has 1 aliphatic heterocycles. The van der Waals surface area contributed by atoms with Gasteiger partial charge >= 0.3 is 6.18 Å². The lowest BCUT2D eigenvalue weighted by Gasteiger charge is -2.44. The summed E-state index contributed by atoms with van der Waals surface area (Å²) in [6.45, 7) is 2.83. The molecule has 0 atom stereocenters. The van der Waals surface area contributed by atoms with Gasteiger partial charge in [-0.1, -0.05) is 6.07 Å². The largest absolute Gasteiger partial charge is 0.496 e. The van der Waals surface area contributed by atoms with Crippen LogP contribution in [0.1, 0.15) is 16.7 Å². The molecule has 1 aromatic carbocycles. The van der Waals surface area contributed by atoms with Gasteiger partial charge < -0.3 is 9.47 Å². The fraction of sp³-hybridized carbons (Fsp3) is 0.538. The van der Waals surface area contributed by atoms with Gasteiger partial charge in [-0.15, -0.1) is 0 Å². The molecule has 1 aromatic rings. The molecule has 5 heteroatoms. The van der Waals surface area contributed by atoms with Gasteiger partial charge in [-0.2, -0.15) is 13.2 Å². The smallest absolute Gasteiger partial charge is 0.403 e. The van der Waals surface area contributed by atoms with Crippen LogP contribution in [0.4, 0.5) is 13.2 Å². The fourth-order valence-corrected chi connectivity index (χ4v) is 2.46. The summed E-state index contributed by atoms with van der Waals surface area (Å²) in [5, 5.41) is 0. The average molecular weight is 260 g/mol. The van der Waals surface area contributed by atoms with Crippen molar-refractivity contribution in [1.29, 1.82) is 0 Å². The summed E-state index contributed by atoms with van der Waals surface area (Å²) in [6, 6.07) is 3.37. The van der Waals surface area contributed by atoms with Crippen LogP contribution in [0.25, 0.3) is 0 Å². The van der Waals surface area contributed by atoms with Crippen LogP contribution in [0.5, 0.6) is 5.75 Å². The number of aryl methyl sites for hydroxylation is 2. The minimum absolute atomic E-state index is 0.203. The van der Waals surface area contributed by atoms with Gasteiger partial charge in [0.1, 0.15) is 11.2 Å². The van der Waals surface area contributed by atoms with E-state index in [1.807, 2.05) is 6.92 Å². The third-order valence-electron chi connectivity index (χ3n) is 3.38. The normalized spacial score (nSPS) is 18.3. The summed E-state index contributed by atoms with van der Waals surface area (Å²) >= 11 is 0. The van der Waals surface area contributed by atoms with Gasteiger partial charge in [-0.25, -0.2) is 0 Å². The molecule has 1 heterocycles. The average Bonchev–Trinajstić information content (AvgIpc) is 2.16. The Bertz CT molecular complexity index is 462. The Hall–Kier alpha value is -1.23. The predicted molar refractivity (Wildman–Crippen MR) is 61.0 cm³/mol.